The van der Waals surface area contributed by atoms with Crippen LogP contribution in [0.3, 0.4) is 0 Å². The number of aromatic amines is 1. The second kappa shape index (κ2) is 7.99. The number of nitrogens with zero attached hydrogens (tertiary/aromatic N) is 2. The summed E-state index contributed by atoms with van der Waals surface area (Å²) in [4.78, 5) is 22.0. The zero-order chi connectivity index (χ0) is 20.5. The highest BCUT2D eigenvalue weighted by Gasteiger charge is 2.22. The van der Waals surface area contributed by atoms with E-state index in [1.165, 1.54) is 19.3 Å². The van der Waals surface area contributed by atoms with E-state index in [1.807, 2.05) is 55.5 Å². The van der Waals surface area contributed by atoms with Crippen molar-refractivity contribution in [3.05, 3.63) is 71.4 Å². The number of rotatable bonds is 6. The van der Waals surface area contributed by atoms with Gasteiger partial charge in [-0.15, -0.1) is 11.8 Å². The van der Waals surface area contributed by atoms with Gasteiger partial charge in [-0.2, -0.15) is 0 Å². The van der Waals surface area contributed by atoms with Gasteiger partial charge in [-0.1, -0.05) is 23.7 Å². The first kappa shape index (κ1) is 18.9. The molecule has 0 bridgehead atoms. The van der Waals surface area contributed by atoms with Crippen LogP contribution in [-0.4, -0.2) is 21.0 Å². The van der Waals surface area contributed by atoms with Crippen LogP contribution >= 0.6 is 11.8 Å². The lowest BCUT2D eigenvalue weighted by atomic mass is 9.85. The van der Waals surface area contributed by atoms with Gasteiger partial charge in [0.05, 0.1) is 28.0 Å². The van der Waals surface area contributed by atoms with Crippen LogP contribution in [0.15, 0.2) is 57.9 Å². The number of anilines is 1. The minimum Gasteiger partial charge on any atom is -0.360 e. The minimum absolute atomic E-state index is 0.134. The van der Waals surface area contributed by atoms with Gasteiger partial charge in [-0.05, 0) is 50.1 Å². The topological polar surface area (TPSA) is 83.8 Å². The molecule has 0 unspecified atom stereocenters. The largest absolute Gasteiger partial charge is 0.360 e. The van der Waals surface area contributed by atoms with Crippen LogP contribution < -0.4 is 5.32 Å². The lowest BCUT2D eigenvalue weighted by Gasteiger charge is -2.22. The number of H-pyrrole nitrogens is 1. The molecule has 2 aromatic heterocycles. The van der Waals surface area contributed by atoms with Crippen LogP contribution in [0, 0.1) is 6.92 Å². The second-order valence-corrected chi connectivity index (χ2v) is 8.67. The minimum atomic E-state index is -0.134. The zero-order valence-electron chi connectivity index (χ0n) is 16.6. The van der Waals surface area contributed by atoms with Crippen molar-refractivity contribution < 1.29 is 9.32 Å². The van der Waals surface area contributed by atoms with Gasteiger partial charge >= 0.3 is 0 Å². The molecular weight excluding hydrogens is 396 g/mol. The number of carbonyl (C=O) groups excluding carboxylic acids is 1. The Labute approximate surface area is 178 Å². The molecule has 7 heteroatoms. The summed E-state index contributed by atoms with van der Waals surface area (Å²) in [6, 6.07) is 15.3. The molecule has 6 nitrogen and oxygen atoms in total. The molecule has 1 fully saturated rings. The zero-order valence-corrected chi connectivity index (χ0v) is 17.5. The molecule has 0 atom stereocenters. The van der Waals surface area contributed by atoms with E-state index in [-0.39, 0.29) is 5.91 Å². The predicted molar refractivity (Wildman–Crippen MR) is 118 cm³/mol. The van der Waals surface area contributed by atoms with E-state index in [1.54, 1.807) is 11.8 Å². The Kier molecular flexibility index (Phi) is 5.04. The SMILES string of the molecule is Cc1cc(CSc2ccccc2C(=O)Nc2ccc3nc(C4CCC4)[nH]c3c2)on1. The van der Waals surface area contributed by atoms with Gasteiger partial charge in [0.15, 0.2) is 0 Å². The molecule has 5 rings (SSSR count). The number of hydrogen-bond acceptors (Lipinski definition) is 5. The van der Waals surface area contributed by atoms with E-state index < -0.39 is 0 Å². The number of fused-ring (bicyclic) bond motifs is 1. The molecule has 1 amide bonds. The molecule has 0 saturated heterocycles. The molecule has 30 heavy (non-hydrogen) atoms. The molecule has 2 aromatic carbocycles. The van der Waals surface area contributed by atoms with Gasteiger partial charge in [0.25, 0.3) is 5.91 Å². The summed E-state index contributed by atoms with van der Waals surface area (Å²) < 4.78 is 5.27. The van der Waals surface area contributed by atoms with Crippen molar-refractivity contribution in [3.63, 3.8) is 0 Å². The molecule has 0 radical (unpaired) electrons. The highest BCUT2D eigenvalue weighted by atomic mass is 32.2. The number of aryl methyl sites for hydroxylation is 1. The van der Waals surface area contributed by atoms with Crippen LogP contribution in [0.2, 0.25) is 0 Å². The van der Waals surface area contributed by atoms with Gasteiger partial charge in [0.1, 0.15) is 11.6 Å². The standard InChI is InChI=1S/C23H22N4O2S/c1-14-11-17(29-27-14)13-30-21-8-3-2-7-18(21)23(28)24-16-9-10-19-20(12-16)26-22(25-19)15-5-4-6-15/h2-3,7-12,15H,4-6,13H2,1H3,(H,24,28)(H,25,26). The van der Waals surface area contributed by atoms with E-state index >= 15 is 0 Å². The number of thioether (sulfide) groups is 1. The van der Waals surface area contributed by atoms with E-state index in [2.05, 4.69) is 15.5 Å². The van der Waals surface area contributed by atoms with Crippen molar-refractivity contribution in [2.24, 2.45) is 0 Å². The monoisotopic (exact) mass is 418 g/mol. The van der Waals surface area contributed by atoms with Crippen LogP contribution in [0.1, 0.15) is 52.8 Å². The molecule has 1 aliphatic carbocycles. The van der Waals surface area contributed by atoms with Gasteiger partial charge in [0.2, 0.25) is 0 Å². The number of carbonyl (C=O) groups is 1. The van der Waals surface area contributed by atoms with Crippen LogP contribution in [-0.2, 0) is 5.75 Å². The summed E-state index contributed by atoms with van der Waals surface area (Å²) >= 11 is 1.56. The average Bonchev–Trinajstić information content (AvgIpc) is 3.30. The maximum absolute atomic E-state index is 13.0. The third kappa shape index (κ3) is 3.85. The average molecular weight is 419 g/mol. The summed E-state index contributed by atoms with van der Waals surface area (Å²) in [6.45, 7) is 1.89. The van der Waals surface area contributed by atoms with Crippen LogP contribution in [0.5, 0.6) is 0 Å². The molecule has 152 valence electrons. The normalized spacial score (nSPS) is 14.0. The van der Waals surface area contributed by atoms with Gasteiger partial charge in [-0.25, -0.2) is 4.98 Å². The number of hydrogen-bond donors (Lipinski definition) is 2. The van der Waals surface area contributed by atoms with Crippen molar-refractivity contribution in [2.45, 2.75) is 42.8 Å². The van der Waals surface area contributed by atoms with E-state index in [0.717, 1.165) is 38.9 Å². The Bertz CT molecular complexity index is 1210. The molecule has 2 heterocycles. The Morgan fingerprint density at radius 1 is 1.23 bits per heavy atom. The molecule has 0 aliphatic heterocycles. The number of amides is 1. The molecule has 1 saturated carbocycles. The van der Waals surface area contributed by atoms with Crippen LogP contribution in [0.25, 0.3) is 11.0 Å². The first-order valence-electron chi connectivity index (χ1n) is 10.1. The first-order valence-corrected chi connectivity index (χ1v) is 11.1. The molecule has 1 aliphatic rings. The lowest BCUT2D eigenvalue weighted by molar-refractivity contribution is 0.102. The van der Waals surface area contributed by atoms with E-state index in [4.69, 9.17) is 9.51 Å². The number of imidazole rings is 1. The molecule has 2 N–H and O–H groups in total. The van der Waals surface area contributed by atoms with Crippen LogP contribution in [0.4, 0.5) is 5.69 Å². The smallest absolute Gasteiger partial charge is 0.256 e. The van der Waals surface area contributed by atoms with Crippen molar-refractivity contribution in [3.8, 4) is 0 Å². The Hall–Kier alpha value is -3.06. The number of nitrogens with one attached hydrogen (secondary N) is 2. The third-order valence-electron chi connectivity index (χ3n) is 5.43. The summed E-state index contributed by atoms with van der Waals surface area (Å²) in [5.74, 6) is 2.89. The van der Waals surface area contributed by atoms with Crippen molar-refractivity contribution in [1.82, 2.24) is 15.1 Å². The van der Waals surface area contributed by atoms with Crippen molar-refractivity contribution in [2.75, 3.05) is 5.32 Å². The van der Waals surface area contributed by atoms with Gasteiger partial charge in [-0.3, -0.25) is 4.79 Å². The molecular formula is C23H22N4O2S. The fraction of sp³-hybridized carbons (Fsp3) is 0.261. The highest BCUT2D eigenvalue weighted by Crippen LogP contribution is 2.35. The summed E-state index contributed by atoms with van der Waals surface area (Å²) in [6.07, 6.45) is 3.67. The maximum Gasteiger partial charge on any atom is 0.256 e. The Balaban J connectivity index is 1.32. The molecule has 0 spiro atoms. The quantitative estimate of drug-likeness (QED) is 0.394. The lowest BCUT2D eigenvalue weighted by Crippen LogP contribution is -2.12. The maximum atomic E-state index is 13.0. The fourth-order valence-corrected chi connectivity index (χ4v) is 4.52. The van der Waals surface area contributed by atoms with Crippen molar-refractivity contribution in [1.29, 1.82) is 0 Å². The van der Waals surface area contributed by atoms with Crippen molar-refractivity contribution >= 4 is 34.4 Å². The van der Waals surface area contributed by atoms with Gasteiger partial charge < -0.3 is 14.8 Å². The van der Waals surface area contributed by atoms with Gasteiger partial charge in [0, 0.05) is 22.6 Å². The Morgan fingerprint density at radius 2 is 2.10 bits per heavy atom. The summed E-state index contributed by atoms with van der Waals surface area (Å²) in [7, 11) is 0. The second-order valence-electron chi connectivity index (χ2n) is 7.66. The number of benzene rings is 2. The predicted octanol–water partition coefficient (Wildman–Crippen LogP) is 5.67. The summed E-state index contributed by atoms with van der Waals surface area (Å²) in [5, 5.41) is 6.94. The first-order chi connectivity index (χ1) is 14.7. The molecule has 4 aromatic rings. The van der Waals surface area contributed by atoms with E-state index in [9.17, 15) is 4.79 Å². The fourth-order valence-electron chi connectivity index (χ4n) is 3.59. The van der Waals surface area contributed by atoms with E-state index in [0.29, 0.717) is 17.2 Å². The summed E-state index contributed by atoms with van der Waals surface area (Å²) in [5.41, 5.74) is 4.14. The third-order valence-corrected chi connectivity index (χ3v) is 6.52. The highest BCUT2D eigenvalue weighted by molar-refractivity contribution is 7.98. The Morgan fingerprint density at radius 3 is 2.87 bits per heavy atom. The number of aromatic nitrogens is 3.